The highest BCUT2D eigenvalue weighted by Crippen LogP contribution is 2.46. The van der Waals surface area contributed by atoms with Gasteiger partial charge in [0.2, 0.25) is 34.1 Å². The fourth-order valence-corrected chi connectivity index (χ4v) is 6.80. The first-order valence-electron chi connectivity index (χ1n) is 13.5. The van der Waals surface area contributed by atoms with Crippen LogP contribution in [-0.4, -0.2) is 56.0 Å². The number of rotatable bonds is 9. The maximum Gasteiger partial charge on any atom is 0.245 e. The average Bonchev–Trinajstić information content (AvgIpc) is 3.38. The molecule has 0 spiro atoms. The maximum atomic E-state index is 13.6. The van der Waals surface area contributed by atoms with Crippen LogP contribution in [0, 0.1) is 23.7 Å². The lowest BCUT2D eigenvalue weighted by molar-refractivity contribution is -0.146. The quantitative estimate of drug-likeness (QED) is 0.249. The van der Waals surface area contributed by atoms with Crippen LogP contribution >= 0.6 is 23.2 Å². The van der Waals surface area contributed by atoms with E-state index in [2.05, 4.69) is 0 Å². The van der Waals surface area contributed by atoms with E-state index in [9.17, 15) is 28.8 Å². The van der Waals surface area contributed by atoms with Crippen molar-refractivity contribution < 1.29 is 28.8 Å². The Labute approximate surface area is 247 Å². The van der Waals surface area contributed by atoms with Crippen molar-refractivity contribution in [1.82, 2.24) is 9.80 Å². The van der Waals surface area contributed by atoms with E-state index in [0.717, 1.165) is 20.9 Å². The number of carbonyl (C=O) groups excluding carboxylic acids is 6. The molecule has 0 aromatic heterocycles. The molecule has 10 heteroatoms. The number of halogens is 2. The number of nitrogens with zero attached hydrogens (tertiary/aromatic N) is 2. The predicted molar refractivity (Wildman–Crippen MR) is 150 cm³/mol. The van der Waals surface area contributed by atoms with Crippen LogP contribution < -0.4 is 0 Å². The fraction of sp³-hybridized carbons (Fsp3) is 0.355. The Kier molecular flexibility index (Phi) is 8.25. The van der Waals surface area contributed by atoms with Crippen LogP contribution in [0.5, 0.6) is 0 Å². The van der Waals surface area contributed by atoms with Crippen molar-refractivity contribution in [2.45, 2.75) is 44.7 Å². The van der Waals surface area contributed by atoms with Crippen LogP contribution in [0.25, 0.3) is 0 Å². The van der Waals surface area contributed by atoms with Gasteiger partial charge in [0.05, 0.1) is 17.8 Å². The van der Waals surface area contributed by atoms with Crippen molar-refractivity contribution in [2.24, 2.45) is 23.7 Å². The topological polar surface area (TPSA) is 109 Å². The molecule has 2 heterocycles. The van der Waals surface area contributed by atoms with Gasteiger partial charge in [-0.15, -0.1) is 0 Å². The van der Waals surface area contributed by atoms with E-state index in [1.807, 2.05) is 12.1 Å². The largest absolute Gasteiger partial charge is 0.279 e. The van der Waals surface area contributed by atoms with Gasteiger partial charge in [-0.1, -0.05) is 72.3 Å². The number of hydrogen-bond acceptors (Lipinski definition) is 6. The van der Waals surface area contributed by atoms with Gasteiger partial charge in [-0.2, -0.15) is 0 Å². The van der Waals surface area contributed by atoms with Crippen LogP contribution in [0.1, 0.15) is 30.9 Å². The minimum Gasteiger partial charge on any atom is -0.279 e. The van der Waals surface area contributed by atoms with Crippen molar-refractivity contribution in [3.8, 4) is 0 Å². The van der Waals surface area contributed by atoms with E-state index < -0.39 is 69.9 Å². The summed E-state index contributed by atoms with van der Waals surface area (Å²) < 4.78 is 0. The summed E-state index contributed by atoms with van der Waals surface area (Å²) in [4.78, 5) is 80.6. The summed E-state index contributed by atoms with van der Waals surface area (Å²) in [5.74, 6) is -4.92. The highest BCUT2D eigenvalue weighted by molar-refractivity contribution is 6.65. The van der Waals surface area contributed by atoms with E-state index in [-0.39, 0.29) is 25.7 Å². The number of amides is 4. The summed E-state index contributed by atoms with van der Waals surface area (Å²) in [5.41, 5.74) is 2.10. The number of carbonyl (C=O) groups is 6. The molecule has 8 nitrogen and oxygen atoms in total. The number of allylic oxidation sites excluding steroid dienone is 1. The van der Waals surface area contributed by atoms with Crippen molar-refractivity contribution >= 4 is 57.3 Å². The van der Waals surface area contributed by atoms with E-state index in [1.165, 1.54) is 0 Å². The SMILES string of the molecule is CC1=CC(C2CC(=O)N([C@@H](Cc3ccccc3)C(=O)Cl)C2=O)CC2C(=O)N([C@@H](Cc3ccccc3)C(=O)Cl)C(=O)C12. The molecule has 212 valence electrons. The van der Waals surface area contributed by atoms with Crippen molar-refractivity contribution in [2.75, 3.05) is 0 Å². The van der Waals surface area contributed by atoms with Crippen LogP contribution in [0.4, 0.5) is 0 Å². The Morgan fingerprint density at radius 3 is 1.76 bits per heavy atom. The summed E-state index contributed by atoms with van der Waals surface area (Å²) >= 11 is 11.8. The minimum atomic E-state index is -1.16. The van der Waals surface area contributed by atoms with E-state index in [4.69, 9.17) is 23.2 Å². The van der Waals surface area contributed by atoms with E-state index >= 15 is 0 Å². The molecule has 5 rings (SSSR count). The molecule has 0 radical (unpaired) electrons. The van der Waals surface area contributed by atoms with Gasteiger partial charge in [-0.3, -0.25) is 38.6 Å². The molecule has 2 fully saturated rings. The Bertz CT molecular complexity index is 1440. The molecule has 0 N–H and O–H groups in total. The Hall–Kier alpha value is -3.62. The molecule has 6 atom stereocenters. The lowest BCUT2D eigenvalue weighted by Crippen LogP contribution is -2.46. The van der Waals surface area contributed by atoms with E-state index in [0.29, 0.717) is 5.57 Å². The van der Waals surface area contributed by atoms with Gasteiger partial charge >= 0.3 is 0 Å². The predicted octanol–water partition coefficient (Wildman–Crippen LogP) is 3.68. The third-order valence-corrected chi connectivity index (χ3v) is 8.88. The van der Waals surface area contributed by atoms with Gasteiger partial charge < -0.3 is 0 Å². The van der Waals surface area contributed by atoms with Gasteiger partial charge in [0, 0.05) is 19.3 Å². The number of fused-ring (bicyclic) bond motifs is 1. The molecule has 0 bridgehead atoms. The number of hydrogen-bond donors (Lipinski definition) is 0. The summed E-state index contributed by atoms with van der Waals surface area (Å²) in [6.07, 6.45) is 1.97. The zero-order valence-electron chi connectivity index (χ0n) is 22.2. The highest BCUT2D eigenvalue weighted by atomic mass is 35.5. The van der Waals surface area contributed by atoms with Gasteiger partial charge in [-0.05, 0) is 53.6 Å². The van der Waals surface area contributed by atoms with Gasteiger partial charge in [0.25, 0.3) is 0 Å². The number of likely N-dealkylation sites (tertiary alicyclic amines) is 2. The Balaban J connectivity index is 1.37. The molecule has 4 amide bonds. The van der Waals surface area contributed by atoms with Crippen LogP contribution in [-0.2, 0) is 41.6 Å². The number of benzene rings is 2. The zero-order valence-corrected chi connectivity index (χ0v) is 23.8. The van der Waals surface area contributed by atoms with Crippen LogP contribution in [0.3, 0.4) is 0 Å². The lowest BCUT2D eigenvalue weighted by Gasteiger charge is -2.30. The van der Waals surface area contributed by atoms with E-state index in [1.54, 1.807) is 61.5 Å². The molecule has 2 aromatic carbocycles. The van der Waals surface area contributed by atoms with Crippen molar-refractivity contribution in [3.63, 3.8) is 0 Å². The third-order valence-electron chi connectivity index (χ3n) is 8.38. The molecule has 41 heavy (non-hydrogen) atoms. The Morgan fingerprint density at radius 2 is 1.24 bits per heavy atom. The molecule has 3 aliphatic rings. The van der Waals surface area contributed by atoms with Crippen LogP contribution in [0.15, 0.2) is 72.3 Å². The molecule has 4 unspecified atom stereocenters. The third kappa shape index (κ3) is 5.51. The molecular formula is C31H28Cl2N2O6. The normalized spacial score (nSPS) is 25.7. The zero-order chi connectivity index (χ0) is 29.4. The van der Waals surface area contributed by atoms with Gasteiger partial charge in [0.1, 0.15) is 12.1 Å². The fourth-order valence-electron chi connectivity index (χ4n) is 6.45. The monoisotopic (exact) mass is 594 g/mol. The maximum absolute atomic E-state index is 13.6. The molecule has 2 saturated heterocycles. The smallest absolute Gasteiger partial charge is 0.245 e. The Morgan fingerprint density at radius 1 is 0.756 bits per heavy atom. The lowest BCUT2D eigenvalue weighted by atomic mass is 9.71. The van der Waals surface area contributed by atoms with Crippen LogP contribution in [0.2, 0.25) is 0 Å². The second-order valence-corrected chi connectivity index (χ2v) is 11.6. The molecular weight excluding hydrogens is 567 g/mol. The first kappa shape index (κ1) is 28.9. The minimum absolute atomic E-state index is 0.0894. The standard InChI is InChI=1S/C31H28Cl2N2O6/c1-17-12-20(21-16-25(36)34(29(21)39)23(27(32)37)13-18-8-4-2-5-9-18)15-22-26(17)31(41)35(30(22)40)24(28(33)38)14-19-10-6-3-7-11-19/h2-12,20-24,26H,13-16H2,1H3/t20?,21?,22?,23-,24-,26?/m0/s1. The first-order valence-corrected chi connectivity index (χ1v) is 14.2. The summed E-state index contributed by atoms with van der Waals surface area (Å²) in [5, 5.41) is -1.62. The second-order valence-electron chi connectivity index (χ2n) is 10.9. The van der Waals surface area contributed by atoms with Gasteiger partial charge in [0.15, 0.2) is 0 Å². The van der Waals surface area contributed by atoms with Crippen molar-refractivity contribution in [3.05, 3.63) is 83.4 Å². The molecule has 1 aliphatic carbocycles. The second kappa shape index (κ2) is 11.7. The molecule has 2 aliphatic heterocycles. The highest BCUT2D eigenvalue weighted by Gasteiger charge is 2.56. The van der Waals surface area contributed by atoms with Gasteiger partial charge in [-0.25, -0.2) is 0 Å². The molecule has 0 saturated carbocycles. The van der Waals surface area contributed by atoms with Crippen molar-refractivity contribution in [1.29, 1.82) is 0 Å². The summed E-state index contributed by atoms with van der Waals surface area (Å²) in [7, 11) is 0. The first-order chi connectivity index (χ1) is 19.6. The molecule has 2 aromatic rings. The number of imide groups is 2. The summed E-state index contributed by atoms with van der Waals surface area (Å²) in [6, 6.07) is 15.6. The average molecular weight is 595 g/mol. The summed E-state index contributed by atoms with van der Waals surface area (Å²) in [6.45, 7) is 1.72.